The molecule has 2 N–H and O–H groups in total. The van der Waals surface area contributed by atoms with Crippen LogP contribution >= 0.6 is 0 Å². The second-order valence-electron chi connectivity index (χ2n) is 5.78. The molecule has 0 amide bonds. The third-order valence-electron chi connectivity index (χ3n) is 4.53. The molecule has 2 heteroatoms. The quantitative estimate of drug-likeness (QED) is 0.891. The number of ether oxygens (including phenoxy) is 1. The first-order chi connectivity index (χ1) is 8.50. The Labute approximate surface area is 111 Å². The summed E-state index contributed by atoms with van der Waals surface area (Å²) < 4.78 is 5.90. The molecule has 1 aliphatic rings. The minimum absolute atomic E-state index is 0.182. The van der Waals surface area contributed by atoms with Gasteiger partial charge in [0.1, 0.15) is 0 Å². The van der Waals surface area contributed by atoms with Gasteiger partial charge in [-0.1, -0.05) is 31.2 Å². The zero-order valence-corrected chi connectivity index (χ0v) is 11.9. The predicted octanol–water partition coefficient (Wildman–Crippen LogP) is 2.92. The van der Waals surface area contributed by atoms with Gasteiger partial charge >= 0.3 is 0 Å². The Morgan fingerprint density at radius 1 is 1.17 bits per heavy atom. The van der Waals surface area contributed by atoms with Crippen molar-refractivity contribution in [2.75, 3.05) is 0 Å². The van der Waals surface area contributed by atoms with E-state index in [4.69, 9.17) is 10.5 Å². The van der Waals surface area contributed by atoms with Crippen molar-refractivity contribution in [2.24, 2.45) is 17.6 Å². The molecule has 1 aliphatic heterocycles. The number of hydrogen-bond donors (Lipinski definition) is 1. The Balaban J connectivity index is 2.08. The first kappa shape index (κ1) is 13.6. The standard InChI is InChI=1S/C16H25NO/c1-10-7-5-6-8-14(10)9-15(17)16-11(2)12(3)18-13(16)4/h5-8,11-13,15-16H,9,17H2,1-4H3. The van der Waals surface area contributed by atoms with Crippen LogP contribution in [0.4, 0.5) is 0 Å². The molecular weight excluding hydrogens is 222 g/mol. The van der Waals surface area contributed by atoms with Crippen LogP contribution in [-0.4, -0.2) is 18.2 Å². The number of aryl methyl sites for hydroxylation is 1. The lowest BCUT2D eigenvalue weighted by Gasteiger charge is -2.26. The van der Waals surface area contributed by atoms with Crippen molar-refractivity contribution in [3.05, 3.63) is 35.4 Å². The molecule has 0 bridgehead atoms. The zero-order chi connectivity index (χ0) is 13.3. The Hall–Kier alpha value is -0.860. The van der Waals surface area contributed by atoms with Gasteiger partial charge in [0, 0.05) is 12.0 Å². The van der Waals surface area contributed by atoms with Crippen molar-refractivity contribution in [1.29, 1.82) is 0 Å². The first-order valence-electron chi connectivity index (χ1n) is 6.96. The lowest BCUT2D eigenvalue weighted by molar-refractivity contribution is 0.0490. The maximum atomic E-state index is 6.44. The smallest absolute Gasteiger partial charge is 0.0597 e. The fraction of sp³-hybridized carbons (Fsp3) is 0.625. The molecule has 1 heterocycles. The SMILES string of the molecule is Cc1ccccc1CC(N)C1C(C)OC(C)C1C. The summed E-state index contributed by atoms with van der Waals surface area (Å²) in [6.07, 6.45) is 1.55. The highest BCUT2D eigenvalue weighted by Gasteiger charge is 2.40. The second kappa shape index (κ2) is 5.41. The Bertz CT molecular complexity index is 404. The molecule has 5 unspecified atom stereocenters. The summed E-state index contributed by atoms with van der Waals surface area (Å²) in [5.74, 6) is 0.999. The molecule has 1 aromatic rings. The molecule has 1 saturated heterocycles. The molecule has 1 fully saturated rings. The molecule has 0 aromatic heterocycles. The van der Waals surface area contributed by atoms with E-state index in [2.05, 4.69) is 52.0 Å². The fourth-order valence-corrected chi connectivity index (χ4v) is 3.26. The lowest BCUT2D eigenvalue weighted by atomic mass is 9.81. The molecule has 0 saturated carbocycles. The molecule has 1 aromatic carbocycles. The summed E-state index contributed by atoms with van der Waals surface area (Å²) in [5, 5.41) is 0. The van der Waals surface area contributed by atoms with E-state index in [0.29, 0.717) is 17.9 Å². The van der Waals surface area contributed by atoms with Crippen LogP contribution in [0.5, 0.6) is 0 Å². The molecule has 0 radical (unpaired) electrons. The highest BCUT2D eigenvalue weighted by atomic mass is 16.5. The zero-order valence-electron chi connectivity index (χ0n) is 11.9. The van der Waals surface area contributed by atoms with E-state index in [1.807, 2.05) is 0 Å². The molecular formula is C16H25NO. The normalized spacial score (nSPS) is 33.6. The van der Waals surface area contributed by atoms with Gasteiger partial charge in [-0.25, -0.2) is 0 Å². The van der Waals surface area contributed by atoms with Crippen molar-refractivity contribution < 1.29 is 4.74 Å². The van der Waals surface area contributed by atoms with E-state index in [1.165, 1.54) is 11.1 Å². The summed E-state index contributed by atoms with van der Waals surface area (Å²) in [6.45, 7) is 8.73. The maximum Gasteiger partial charge on any atom is 0.0597 e. The summed E-state index contributed by atoms with van der Waals surface area (Å²) in [5.41, 5.74) is 9.14. The number of hydrogen-bond acceptors (Lipinski definition) is 2. The van der Waals surface area contributed by atoms with E-state index in [9.17, 15) is 0 Å². The van der Waals surface area contributed by atoms with Crippen LogP contribution in [0.2, 0.25) is 0 Å². The molecule has 2 rings (SSSR count). The summed E-state index contributed by atoms with van der Waals surface area (Å²) >= 11 is 0. The van der Waals surface area contributed by atoms with E-state index in [-0.39, 0.29) is 12.1 Å². The average Bonchev–Trinajstić information content (AvgIpc) is 2.56. The summed E-state index contributed by atoms with van der Waals surface area (Å²) in [7, 11) is 0. The van der Waals surface area contributed by atoms with Crippen LogP contribution in [0.1, 0.15) is 31.9 Å². The summed E-state index contributed by atoms with van der Waals surface area (Å²) in [6, 6.07) is 8.69. The van der Waals surface area contributed by atoms with Gasteiger partial charge in [0.15, 0.2) is 0 Å². The Morgan fingerprint density at radius 2 is 1.83 bits per heavy atom. The van der Waals surface area contributed by atoms with Crippen molar-refractivity contribution in [3.8, 4) is 0 Å². The van der Waals surface area contributed by atoms with E-state index in [1.54, 1.807) is 0 Å². The van der Waals surface area contributed by atoms with Gasteiger partial charge in [-0.2, -0.15) is 0 Å². The van der Waals surface area contributed by atoms with Crippen LogP contribution in [0.3, 0.4) is 0 Å². The van der Waals surface area contributed by atoms with Gasteiger partial charge in [0.25, 0.3) is 0 Å². The predicted molar refractivity (Wildman–Crippen MR) is 75.5 cm³/mol. The van der Waals surface area contributed by atoms with Gasteiger partial charge in [-0.3, -0.25) is 0 Å². The van der Waals surface area contributed by atoms with Crippen LogP contribution in [-0.2, 0) is 11.2 Å². The van der Waals surface area contributed by atoms with Gasteiger partial charge in [-0.15, -0.1) is 0 Å². The van der Waals surface area contributed by atoms with Gasteiger partial charge in [-0.05, 0) is 44.2 Å². The first-order valence-corrected chi connectivity index (χ1v) is 6.96. The third kappa shape index (κ3) is 2.60. The summed E-state index contributed by atoms with van der Waals surface area (Å²) in [4.78, 5) is 0. The van der Waals surface area contributed by atoms with Crippen LogP contribution in [0.15, 0.2) is 24.3 Å². The lowest BCUT2D eigenvalue weighted by Crippen LogP contribution is -2.39. The number of nitrogens with two attached hydrogens (primary N) is 1. The number of benzene rings is 1. The van der Waals surface area contributed by atoms with Crippen molar-refractivity contribution in [2.45, 2.75) is 52.4 Å². The van der Waals surface area contributed by atoms with Gasteiger partial charge in [0.2, 0.25) is 0 Å². The molecule has 100 valence electrons. The Morgan fingerprint density at radius 3 is 2.39 bits per heavy atom. The highest BCUT2D eigenvalue weighted by molar-refractivity contribution is 5.26. The molecule has 0 spiro atoms. The molecule has 2 nitrogen and oxygen atoms in total. The molecule has 0 aliphatic carbocycles. The topological polar surface area (TPSA) is 35.2 Å². The van der Waals surface area contributed by atoms with Crippen molar-refractivity contribution in [3.63, 3.8) is 0 Å². The Kier molecular flexibility index (Phi) is 4.08. The van der Waals surface area contributed by atoms with Crippen LogP contribution in [0.25, 0.3) is 0 Å². The monoisotopic (exact) mass is 247 g/mol. The second-order valence-corrected chi connectivity index (χ2v) is 5.78. The largest absolute Gasteiger partial charge is 0.375 e. The van der Waals surface area contributed by atoms with E-state index < -0.39 is 0 Å². The van der Waals surface area contributed by atoms with Crippen LogP contribution < -0.4 is 5.73 Å². The van der Waals surface area contributed by atoms with Crippen molar-refractivity contribution in [1.82, 2.24) is 0 Å². The maximum absolute atomic E-state index is 6.44. The number of rotatable bonds is 3. The molecule has 18 heavy (non-hydrogen) atoms. The average molecular weight is 247 g/mol. The van der Waals surface area contributed by atoms with E-state index in [0.717, 1.165) is 6.42 Å². The van der Waals surface area contributed by atoms with Gasteiger partial charge in [0.05, 0.1) is 12.2 Å². The minimum atomic E-state index is 0.182. The highest BCUT2D eigenvalue weighted by Crippen LogP contribution is 2.34. The van der Waals surface area contributed by atoms with E-state index >= 15 is 0 Å². The fourth-order valence-electron chi connectivity index (χ4n) is 3.26. The van der Waals surface area contributed by atoms with Crippen LogP contribution in [0, 0.1) is 18.8 Å². The third-order valence-corrected chi connectivity index (χ3v) is 4.53. The van der Waals surface area contributed by atoms with Crippen molar-refractivity contribution >= 4 is 0 Å². The molecule has 5 atom stereocenters. The van der Waals surface area contributed by atoms with Gasteiger partial charge < -0.3 is 10.5 Å². The minimum Gasteiger partial charge on any atom is -0.375 e.